The number of carbonyl (C=O) groups is 1. The second kappa shape index (κ2) is 7.99. The van der Waals surface area contributed by atoms with Crippen LogP contribution in [-0.4, -0.2) is 30.4 Å². The van der Waals surface area contributed by atoms with Crippen molar-refractivity contribution in [1.82, 2.24) is 19.6 Å². The van der Waals surface area contributed by atoms with E-state index in [0.717, 1.165) is 5.56 Å². The molecule has 1 aromatic carbocycles. The van der Waals surface area contributed by atoms with Gasteiger partial charge in [0, 0.05) is 21.8 Å². The molecule has 1 unspecified atom stereocenters. The molecule has 1 N–H and O–H groups in total. The molecule has 0 spiro atoms. The van der Waals surface area contributed by atoms with E-state index in [2.05, 4.69) is 15.5 Å². The Bertz CT molecular complexity index is 1030. The van der Waals surface area contributed by atoms with E-state index in [4.69, 9.17) is 23.2 Å². The Labute approximate surface area is 170 Å². The first-order valence-electron chi connectivity index (χ1n) is 8.22. The van der Waals surface area contributed by atoms with Gasteiger partial charge in [0.1, 0.15) is 17.9 Å². The standard InChI is InChI=1S/C17H16Cl2N6O3/c1-10-16(25(27)28)9-24(22-10)11(2)17(26)21-12-6-20-23(7-12)8-13-14(18)4-3-5-15(13)19/h3-7,9,11H,8H2,1-2H3,(H,21,26). The predicted octanol–water partition coefficient (Wildman–Crippen LogP) is 3.85. The summed E-state index contributed by atoms with van der Waals surface area (Å²) in [5, 5.41) is 22.9. The minimum absolute atomic E-state index is 0.135. The first-order chi connectivity index (χ1) is 13.3. The molecule has 0 aliphatic carbocycles. The Morgan fingerprint density at radius 2 is 2.00 bits per heavy atom. The second-order valence-corrected chi connectivity index (χ2v) is 6.94. The summed E-state index contributed by atoms with van der Waals surface area (Å²) in [6.07, 6.45) is 4.37. The molecule has 3 rings (SSSR count). The Morgan fingerprint density at radius 1 is 1.32 bits per heavy atom. The van der Waals surface area contributed by atoms with Gasteiger partial charge in [0.2, 0.25) is 5.91 Å². The fourth-order valence-electron chi connectivity index (χ4n) is 2.58. The topological polar surface area (TPSA) is 108 Å². The van der Waals surface area contributed by atoms with Gasteiger partial charge in [0.25, 0.3) is 0 Å². The van der Waals surface area contributed by atoms with E-state index in [1.54, 1.807) is 36.0 Å². The Morgan fingerprint density at radius 3 is 2.61 bits per heavy atom. The fourth-order valence-corrected chi connectivity index (χ4v) is 3.09. The minimum atomic E-state index is -0.742. The molecule has 2 heterocycles. The van der Waals surface area contributed by atoms with Crippen molar-refractivity contribution in [1.29, 1.82) is 0 Å². The van der Waals surface area contributed by atoms with Crippen LogP contribution in [0.5, 0.6) is 0 Å². The van der Waals surface area contributed by atoms with Crippen molar-refractivity contribution in [3.05, 3.63) is 68.2 Å². The molecule has 11 heteroatoms. The molecular formula is C17H16Cl2N6O3. The summed E-state index contributed by atoms with van der Waals surface area (Å²) in [6, 6.07) is 4.49. The van der Waals surface area contributed by atoms with Crippen LogP contribution in [0.3, 0.4) is 0 Å². The van der Waals surface area contributed by atoms with Crippen LogP contribution in [0.1, 0.15) is 24.2 Å². The summed E-state index contributed by atoms with van der Waals surface area (Å²) < 4.78 is 2.85. The van der Waals surface area contributed by atoms with Crippen molar-refractivity contribution in [2.75, 3.05) is 5.32 Å². The number of nitrogens with one attached hydrogen (secondary N) is 1. The summed E-state index contributed by atoms with van der Waals surface area (Å²) in [4.78, 5) is 22.9. The number of anilines is 1. The van der Waals surface area contributed by atoms with Crippen molar-refractivity contribution in [3.63, 3.8) is 0 Å². The molecule has 2 aromatic heterocycles. The van der Waals surface area contributed by atoms with Crippen LogP contribution in [0.25, 0.3) is 0 Å². The van der Waals surface area contributed by atoms with Crippen LogP contribution in [0.2, 0.25) is 10.0 Å². The lowest BCUT2D eigenvalue weighted by Crippen LogP contribution is -2.24. The number of hydrogen-bond donors (Lipinski definition) is 1. The molecule has 9 nitrogen and oxygen atoms in total. The first kappa shape index (κ1) is 19.8. The summed E-state index contributed by atoms with van der Waals surface area (Å²) in [7, 11) is 0. The molecular weight excluding hydrogens is 407 g/mol. The van der Waals surface area contributed by atoms with Gasteiger partial charge in [0.05, 0.1) is 23.4 Å². The quantitative estimate of drug-likeness (QED) is 0.479. The molecule has 0 radical (unpaired) electrons. The maximum atomic E-state index is 12.5. The number of benzene rings is 1. The van der Waals surface area contributed by atoms with Gasteiger partial charge < -0.3 is 5.32 Å². The van der Waals surface area contributed by atoms with E-state index in [9.17, 15) is 14.9 Å². The van der Waals surface area contributed by atoms with Gasteiger partial charge in [-0.1, -0.05) is 29.3 Å². The maximum Gasteiger partial charge on any atom is 0.309 e. The highest BCUT2D eigenvalue weighted by Gasteiger charge is 2.22. The monoisotopic (exact) mass is 422 g/mol. The molecule has 146 valence electrons. The van der Waals surface area contributed by atoms with E-state index >= 15 is 0 Å². The van der Waals surface area contributed by atoms with E-state index in [1.165, 1.54) is 24.0 Å². The van der Waals surface area contributed by atoms with Crippen LogP contribution < -0.4 is 5.32 Å². The zero-order valence-corrected chi connectivity index (χ0v) is 16.5. The molecule has 0 fully saturated rings. The SMILES string of the molecule is Cc1nn(C(C)C(=O)Nc2cnn(Cc3c(Cl)cccc3Cl)c2)cc1[N+](=O)[O-]. The van der Waals surface area contributed by atoms with Crippen molar-refractivity contribution in [3.8, 4) is 0 Å². The van der Waals surface area contributed by atoms with Crippen molar-refractivity contribution >= 4 is 40.5 Å². The fraction of sp³-hybridized carbons (Fsp3) is 0.235. The molecule has 28 heavy (non-hydrogen) atoms. The highest BCUT2D eigenvalue weighted by Crippen LogP contribution is 2.25. The third-order valence-corrected chi connectivity index (χ3v) is 4.85. The summed E-state index contributed by atoms with van der Waals surface area (Å²) in [5.74, 6) is -0.382. The molecule has 1 atom stereocenters. The zero-order valence-electron chi connectivity index (χ0n) is 15.0. The van der Waals surface area contributed by atoms with Crippen LogP contribution in [0, 0.1) is 17.0 Å². The van der Waals surface area contributed by atoms with E-state index < -0.39 is 11.0 Å². The van der Waals surface area contributed by atoms with Gasteiger partial charge in [-0.25, -0.2) is 0 Å². The summed E-state index contributed by atoms with van der Waals surface area (Å²) >= 11 is 12.3. The van der Waals surface area contributed by atoms with Crippen molar-refractivity contribution in [2.24, 2.45) is 0 Å². The predicted molar refractivity (Wildman–Crippen MR) is 105 cm³/mol. The van der Waals surface area contributed by atoms with Gasteiger partial charge in [-0.3, -0.25) is 24.3 Å². The molecule has 3 aromatic rings. The number of nitrogens with zero attached hydrogens (tertiary/aromatic N) is 5. The highest BCUT2D eigenvalue weighted by molar-refractivity contribution is 6.35. The minimum Gasteiger partial charge on any atom is -0.322 e. The number of hydrogen-bond acceptors (Lipinski definition) is 5. The van der Waals surface area contributed by atoms with Crippen molar-refractivity contribution in [2.45, 2.75) is 26.4 Å². The van der Waals surface area contributed by atoms with Crippen LogP contribution in [0.15, 0.2) is 36.8 Å². The number of nitro groups is 1. The van der Waals surface area contributed by atoms with Crippen LogP contribution in [-0.2, 0) is 11.3 Å². The average Bonchev–Trinajstić information content (AvgIpc) is 3.24. The number of aromatic nitrogens is 4. The lowest BCUT2D eigenvalue weighted by atomic mass is 10.2. The van der Waals surface area contributed by atoms with Crippen LogP contribution in [0.4, 0.5) is 11.4 Å². The molecule has 0 bridgehead atoms. The number of carbonyl (C=O) groups excluding carboxylic acids is 1. The Balaban J connectivity index is 1.70. The number of aryl methyl sites for hydroxylation is 1. The lowest BCUT2D eigenvalue weighted by molar-refractivity contribution is -0.385. The second-order valence-electron chi connectivity index (χ2n) is 6.13. The number of amides is 1. The zero-order chi connectivity index (χ0) is 20.4. The Kier molecular flexibility index (Phi) is 5.66. The van der Waals surface area contributed by atoms with E-state index in [1.807, 2.05) is 0 Å². The van der Waals surface area contributed by atoms with Gasteiger partial charge in [-0.05, 0) is 26.0 Å². The smallest absolute Gasteiger partial charge is 0.309 e. The third-order valence-electron chi connectivity index (χ3n) is 4.15. The molecule has 0 aliphatic heterocycles. The number of rotatable bonds is 6. The summed E-state index contributed by atoms with van der Waals surface area (Å²) in [6.45, 7) is 3.46. The average molecular weight is 423 g/mol. The lowest BCUT2D eigenvalue weighted by Gasteiger charge is -2.11. The van der Waals surface area contributed by atoms with Gasteiger partial charge in [-0.15, -0.1) is 0 Å². The largest absolute Gasteiger partial charge is 0.322 e. The van der Waals surface area contributed by atoms with Crippen LogP contribution >= 0.6 is 23.2 Å². The van der Waals surface area contributed by atoms with E-state index in [-0.39, 0.29) is 17.3 Å². The molecule has 0 aliphatic rings. The number of halogens is 2. The van der Waals surface area contributed by atoms with Gasteiger partial charge >= 0.3 is 5.69 Å². The third kappa shape index (κ3) is 4.15. The molecule has 0 saturated heterocycles. The highest BCUT2D eigenvalue weighted by atomic mass is 35.5. The molecule has 1 amide bonds. The van der Waals surface area contributed by atoms with E-state index in [0.29, 0.717) is 22.3 Å². The van der Waals surface area contributed by atoms with Gasteiger partial charge in [-0.2, -0.15) is 10.2 Å². The normalized spacial score (nSPS) is 12.0. The maximum absolute atomic E-state index is 12.5. The first-order valence-corrected chi connectivity index (χ1v) is 8.98. The summed E-state index contributed by atoms with van der Waals surface area (Å²) in [5.41, 5.74) is 1.30. The molecule has 0 saturated carbocycles. The van der Waals surface area contributed by atoms with Gasteiger partial charge in [0.15, 0.2) is 0 Å². The Hall–Kier alpha value is -2.91. The van der Waals surface area contributed by atoms with Crippen molar-refractivity contribution < 1.29 is 9.72 Å².